The number of aromatic nitrogens is 2. The molecule has 15 heavy (non-hydrogen) atoms. The van der Waals surface area contributed by atoms with Gasteiger partial charge in [0.05, 0.1) is 15.9 Å². The fourth-order valence-corrected chi connectivity index (χ4v) is 2.15. The molecule has 1 heterocycles. The lowest BCUT2D eigenvalue weighted by Crippen LogP contribution is -2.15. The first-order valence-electron chi connectivity index (χ1n) is 5.63. The summed E-state index contributed by atoms with van der Waals surface area (Å²) in [6.07, 6.45) is 2.25. The van der Waals surface area contributed by atoms with Crippen molar-refractivity contribution < 1.29 is 0 Å². The lowest BCUT2D eigenvalue weighted by Gasteiger charge is -2.05. The molecule has 1 aromatic heterocycles. The van der Waals surface area contributed by atoms with E-state index < -0.39 is 0 Å². The third kappa shape index (κ3) is 3.31. The summed E-state index contributed by atoms with van der Waals surface area (Å²) in [6.45, 7) is 9.39. The molecular formula is C11H20BrN3. The molecule has 86 valence electrons. The molecule has 0 aliphatic carbocycles. The fourth-order valence-electron chi connectivity index (χ4n) is 1.67. The predicted octanol–water partition coefficient (Wildman–Crippen LogP) is 2.52. The molecule has 0 saturated carbocycles. The van der Waals surface area contributed by atoms with Gasteiger partial charge in [0.25, 0.3) is 0 Å². The average Bonchev–Trinajstić information content (AvgIpc) is 2.51. The molecule has 0 radical (unpaired) electrons. The van der Waals surface area contributed by atoms with Gasteiger partial charge in [-0.2, -0.15) is 5.10 Å². The van der Waals surface area contributed by atoms with Crippen LogP contribution in [0, 0.1) is 6.92 Å². The molecular weight excluding hydrogens is 254 g/mol. The van der Waals surface area contributed by atoms with Crippen LogP contribution in [0.4, 0.5) is 0 Å². The predicted molar refractivity (Wildman–Crippen MR) is 67.2 cm³/mol. The highest BCUT2D eigenvalue weighted by Crippen LogP contribution is 2.21. The van der Waals surface area contributed by atoms with Crippen LogP contribution in [0.2, 0.25) is 0 Å². The molecule has 0 aliphatic heterocycles. The Morgan fingerprint density at radius 2 is 2.13 bits per heavy atom. The summed E-state index contributed by atoms with van der Waals surface area (Å²) in [7, 11) is 0. The van der Waals surface area contributed by atoms with Crippen molar-refractivity contribution in [2.45, 2.75) is 40.2 Å². The van der Waals surface area contributed by atoms with Crippen LogP contribution in [0.5, 0.6) is 0 Å². The van der Waals surface area contributed by atoms with Gasteiger partial charge in [0.2, 0.25) is 0 Å². The topological polar surface area (TPSA) is 29.9 Å². The molecule has 0 amide bonds. The maximum Gasteiger partial charge on any atom is 0.0738 e. The standard InChI is InChI=1S/C11H20BrN3/c1-4-13-8-6-7-10-11(12)9(3)14-15(10)5-2/h13H,4-8H2,1-3H3. The first-order valence-corrected chi connectivity index (χ1v) is 6.42. The minimum atomic E-state index is 0.947. The van der Waals surface area contributed by atoms with Crippen LogP contribution in [0.1, 0.15) is 31.7 Å². The van der Waals surface area contributed by atoms with Gasteiger partial charge in [-0.3, -0.25) is 4.68 Å². The zero-order chi connectivity index (χ0) is 11.3. The number of rotatable bonds is 6. The van der Waals surface area contributed by atoms with Gasteiger partial charge in [-0.15, -0.1) is 0 Å². The number of nitrogens with one attached hydrogen (secondary N) is 1. The summed E-state index contributed by atoms with van der Waals surface area (Å²) in [5.74, 6) is 0. The molecule has 0 bridgehead atoms. The molecule has 3 nitrogen and oxygen atoms in total. The Bertz CT molecular complexity index is 307. The molecule has 0 spiro atoms. The lowest BCUT2D eigenvalue weighted by molar-refractivity contribution is 0.592. The lowest BCUT2D eigenvalue weighted by atomic mass is 10.2. The summed E-state index contributed by atoms with van der Waals surface area (Å²) >= 11 is 3.61. The number of aryl methyl sites for hydroxylation is 2. The molecule has 0 unspecified atom stereocenters. The maximum atomic E-state index is 4.48. The van der Waals surface area contributed by atoms with E-state index in [1.807, 2.05) is 6.92 Å². The summed E-state index contributed by atoms with van der Waals surface area (Å²) < 4.78 is 3.27. The Labute approximate surface area is 100 Å². The third-order valence-electron chi connectivity index (χ3n) is 2.47. The Morgan fingerprint density at radius 1 is 1.40 bits per heavy atom. The van der Waals surface area contributed by atoms with Crippen molar-refractivity contribution in [2.24, 2.45) is 0 Å². The van der Waals surface area contributed by atoms with E-state index in [9.17, 15) is 0 Å². The molecule has 0 aromatic carbocycles. The third-order valence-corrected chi connectivity index (χ3v) is 3.50. The average molecular weight is 274 g/mol. The van der Waals surface area contributed by atoms with Gasteiger partial charge >= 0.3 is 0 Å². The molecule has 0 aliphatic rings. The molecule has 1 N–H and O–H groups in total. The van der Waals surface area contributed by atoms with E-state index in [2.05, 4.69) is 44.9 Å². The summed E-state index contributed by atoms with van der Waals surface area (Å²) in [5.41, 5.74) is 2.42. The summed E-state index contributed by atoms with van der Waals surface area (Å²) in [5, 5.41) is 7.81. The second-order valence-electron chi connectivity index (χ2n) is 3.62. The summed E-state index contributed by atoms with van der Waals surface area (Å²) in [6, 6.07) is 0. The van der Waals surface area contributed by atoms with E-state index in [-0.39, 0.29) is 0 Å². The Hall–Kier alpha value is -0.350. The summed E-state index contributed by atoms with van der Waals surface area (Å²) in [4.78, 5) is 0. The first kappa shape index (κ1) is 12.7. The van der Waals surface area contributed by atoms with Crippen molar-refractivity contribution in [3.05, 3.63) is 15.9 Å². The molecule has 0 saturated heterocycles. The first-order chi connectivity index (χ1) is 7.20. The van der Waals surface area contributed by atoms with E-state index in [1.165, 1.54) is 10.2 Å². The van der Waals surface area contributed by atoms with Gasteiger partial charge in [-0.1, -0.05) is 6.92 Å². The van der Waals surface area contributed by atoms with Gasteiger partial charge in [0, 0.05) is 6.54 Å². The molecule has 0 atom stereocenters. The van der Waals surface area contributed by atoms with Crippen LogP contribution in [0.3, 0.4) is 0 Å². The number of hydrogen-bond acceptors (Lipinski definition) is 2. The van der Waals surface area contributed by atoms with E-state index in [0.29, 0.717) is 0 Å². The van der Waals surface area contributed by atoms with E-state index in [1.54, 1.807) is 0 Å². The molecule has 4 heteroatoms. The highest BCUT2D eigenvalue weighted by atomic mass is 79.9. The largest absolute Gasteiger partial charge is 0.317 e. The van der Waals surface area contributed by atoms with Crippen molar-refractivity contribution >= 4 is 15.9 Å². The van der Waals surface area contributed by atoms with Crippen LogP contribution in [0.15, 0.2) is 4.47 Å². The molecule has 0 fully saturated rings. The van der Waals surface area contributed by atoms with Crippen LogP contribution in [-0.2, 0) is 13.0 Å². The van der Waals surface area contributed by atoms with Crippen molar-refractivity contribution in [2.75, 3.05) is 13.1 Å². The van der Waals surface area contributed by atoms with Crippen molar-refractivity contribution in [3.63, 3.8) is 0 Å². The van der Waals surface area contributed by atoms with E-state index in [4.69, 9.17) is 0 Å². The van der Waals surface area contributed by atoms with Gasteiger partial charge in [-0.25, -0.2) is 0 Å². The van der Waals surface area contributed by atoms with Gasteiger partial charge in [0.1, 0.15) is 0 Å². The quantitative estimate of drug-likeness (QED) is 0.808. The molecule has 1 aromatic rings. The zero-order valence-corrected chi connectivity index (χ0v) is 11.4. The van der Waals surface area contributed by atoms with Gasteiger partial charge < -0.3 is 5.32 Å². The number of halogens is 1. The minimum Gasteiger partial charge on any atom is -0.317 e. The monoisotopic (exact) mass is 273 g/mol. The number of nitrogens with zero attached hydrogens (tertiary/aromatic N) is 2. The Morgan fingerprint density at radius 3 is 2.73 bits per heavy atom. The van der Waals surface area contributed by atoms with Crippen molar-refractivity contribution in [1.29, 1.82) is 0 Å². The van der Waals surface area contributed by atoms with E-state index in [0.717, 1.165) is 38.2 Å². The minimum absolute atomic E-state index is 0.947. The van der Waals surface area contributed by atoms with Gasteiger partial charge in [-0.05, 0) is 55.7 Å². The Kier molecular flexibility index (Phi) is 5.32. The van der Waals surface area contributed by atoms with Gasteiger partial charge in [0.15, 0.2) is 0 Å². The zero-order valence-electron chi connectivity index (χ0n) is 9.81. The SMILES string of the molecule is CCNCCCc1c(Br)c(C)nn1CC. The van der Waals surface area contributed by atoms with Crippen molar-refractivity contribution in [1.82, 2.24) is 15.1 Å². The molecule has 1 rings (SSSR count). The number of hydrogen-bond donors (Lipinski definition) is 1. The van der Waals surface area contributed by atoms with Crippen LogP contribution < -0.4 is 5.32 Å². The maximum absolute atomic E-state index is 4.48. The fraction of sp³-hybridized carbons (Fsp3) is 0.727. The highest BCUT2D eigenvalue weighted by molar-refractivity contribution is 9.10. The highest BCUT2D eigenvalue weighted by Gasteiger charge is 2.10. The van der Waals surface area contributed by atoms with Crippen LogP contribution >= 0.6 is 15.9 Å². The Balaban J connectivity index is 2.58. The van der Waals surface area contributed by atoms with Crippen LogP contribution in [-0.4, -0.2) is 22.9 Å². The van der Waals surface area contributed by atoms with E-state index >= 15 is 0 Å². The normalized spacial score (nSPS) is 10.9. The smallest absolute Gasteiger partial charge is 0.0738 e. The van der Waals surface area contributed by atoms with Crippen LogP contribution in [0.25, 0.3) is 0 Å². The van der Waals surface area contributed by atoms with Crippen molar-refractivity contribution in [3.8, 4) is 0 Å². The second-order valence-corrected chi connectivity index (χ2v) is 4.41. The second kappa shape index (κ2) is 6.28.